The van der Waals surface area contributed by atoms with Crippen molar-refractivity contribution in [1.29, 1.82) is 0 Å². The SMILES string of the molecule is CCN.C\C=C/C=C(\C=C/C)c1cc(C)nc2cc(-c3ccc(CCC(C)(C)CCC)nc3)ccc12. The highest BCUT2D eigenvalue weighted by molar-refractivity contribution is 5.96. The summed E-state index contributed by atoms with van der Waals surface area (Å²) >= 11 is 0. The number of fused-ring (bicyclic) bond motifs is 1. The highest BCUT2D eigenvalue weighted by Gasteiger charge is 2.16. The molecule has 0 saturated carbocycles. The molecule has 2 heterocycles. The molecule has 0 fully saturated rings. The lowest BCUT2D eigenvalue weighted by Crippen LogP contribution is -2.12. The standard InChI is InChI=1S/C31H38N2.C2H7N/c1-7-10-12-24(11-8-2)29-20-23(4)33-30-21-25(14-16-28(29)30)26-13-15-27(32-22-26)17-19-31(5,6)18-9-3;1-2-3/h7-8,10-16,20-22H,9,17-19H2,1-6H3;2-3H2,1H3/b10-7-,11-8-,24-12+;. The van der Waals surface area contributed by atoms with E-state index in [0.717, 1.165) is 35.3 Å². The molecular formula is C33H45N3. The van der Waals surface area contributed by atoms with E-state index < -0.39 is 0 Å². The minimum atomic E-state index is 0.377. The van der Waals surface area contributed by atoms with Crippen LogP contribution in [-0.2, 0) is 6.42 Å². The van der Waals surface area contributed by atoms with Crippen LogP contribution in [0.5, 0.6) is 0 Å². The third kappa shape index (κ3) is 8.57. The van der Waals surface area contributed by atoms with Gasteiger partial charge < -0.3 is 5.73 Å². The Morgan fingerprint density at radius 2 is 1.69 bits per heavy atom. The largest absolute Gasteiger partial charge is 0.331 e. The number of rotatable bonds is 9. The fourth-order valence-corrected chi connectivity index (χ4v) is 4.41. The van der Waals surface area contributed by atoms with Crippen molar-refractivity contribution in [3.63, 3.8) is 0 Å². The highest BCUT2D eigenvalue weighted by Crippen LogP contribution is 2.31. The summed E-state index contributed by atoms with van der Waals surface area (Å²) in [5, 5.41) is 1.17. The predicted octanol–water partition coefficient (Wildman–Crippen LogP) is 8.86. The van der Waals surface area contributed by atoms with E-state index in [0.29, 0.717) is 5.41 Å². The van der Waals surface area contributed by atoms with Gasteiger partial charge in [-0.05, 0) is 86.9 Å². The average Bonchev–Trinajstić information content (AvgIpc) is 2.85. The van der Waals surface area contributed by atoms with Gasteiger partial charge in [0.15, 0.2) is 0 Å². The highest BCUT2D eigenvalue weighted by atomic mass is 14.7. The Balaban J connectivity index is 0.00000145. The van der Waals surface area contributed by atoms with Gasteiger partial charge in [0.2, 0.25) is 0 Å². The number of allylic oxidation sites excluding steroid dienone is 6. The van der Waals surface area contributed by atoms with Crippen LogP contribution in [0.3, 0.4) is 0 Å². The Labute approximate surface area is 219 Å². The zero-order chi connectivity index (χ0) is 26.6. The van der Waals surface area contributed by atoms with E-state index in [1.165, 1.54) is 41.5 Å². The van der Waals surface area contributed by atoms with E-state index in [-0.39, 0.29) is 0 Å². The smallest absolute Gasteiger partial charge is 0.0717 e. The minimum absolute atomic E-state index is 0.377. The van der Waals surface area contributed by atoms with Gasteiger partial charge in [-0.25, -0.2) is 0 Å². The van der Waals surface area contributed by atoms with Crippen LogP contribution in [0.2, 0.25) is 0 Å². The first-order chi connectivity index (χ1) is 17.3. The van der Waals surface area contributed by atoms with Crippen LogP contribution in [-0.4, -0.2) is 16.5 Å². The van der Waals surface area contributed by atoms with Gasteiger partial charge in [-0.1, -0.05) is 82.7 Å². The molecule has 2 N–H and O–H groups in total. The van der Waals surface area contributed by atoms with Crippen molar-refractivity contribution in [3.05, 3.63) is 89.9 Å². The molecule has 0 radical (unpaired) electrons. The normalized spacial score (nSPS) is 12.4. The van der Waals surface area contributed by atoms with Gasteiger partial charge in [0.1, 0.15) is 0 Å². The monoisotopic (exact) mass is 483 g/mol. The lowest BCUT2D eigenvalue weighted by Gasteiger charge is -2.23. The number of nitrogens with zero attached hydrogens (tertiary/aromatic N) is 2. The maximum absolute atomic E-state index is 4.85. The summed E-state index contributed by atoms with van der Waals surface area (Å²) in [4.78, 5) is 9.62. The van der Waals surface area contributed by atoms with Crippen molar-refractivity contribution in [3.8, 4) is 11.1 Å². The molecule has 0 aliphatic rings. The molecule has 0 aliphatic carbocycles. The van der Waals surface area contributed by atoms with Crippen molar-refractivity contribution in [2.45, 2.75) is 74.1 Å². The molecular weight excluding hydrogens is 438 g/mol. The van der Waals surface area contributed by atoms with Gasteiger partial charge in [-0.15, -0.1) is 0 Å². The van der Waals surface area contributed by atoms with Crippen LogP contribution < -0.4 is 5.73 Å². The first-order valence-corrected chi connectivity index (χ1v) is 13.3. The zero-order valence-corrected chi connectivity index (χ0v) is 23.4. The summed E-state index contributed by atoms with van der Waals surface area (Å²) in [7, 11) is 0. The fraction of sp³-hybridized carbons (Fsp3) is 0.394. The van der Waals surface area contributed by atoms with Gasteiger partial charge in [-0.2, -0.15) is 0 Å². The van der Waals surface area contributed by atoms with E-state index in [1.807, 2.05) is 20.0 Å². The molecule has 0 bridgehead atoms. The molecule has 3 aromatic rings. The molecule has 2 aromatic heterocycles. The second-order valence-electron chi connectivity index (χ2n) is 10.1. The van der Waals surface area contributed by atoms with E-state index in [2.05, 4.69) is 101 Å². The van der Waals surface area contributed by atoms with E-state index in [1.54, 1.807) is 0 Å². The predicted molar refractivity (Wildman–Crippen MR) is 159 cm³/mol. The summed E-state index contributed by atoms with van der Waals surface area (Å²) in [5.41, 5.74) is 13.1. The number of aromatic nitrogens is 2. The summed E-state index contributed by atoms with van der Waals surface area (Å²) in [6.07, 6.45) is 17.2. The van der Waals surface area contributed by atoms with Crippen LogP contribution in [0.25, 0.3) is 27.6 Å². The molecule has 36 heavy (non-hydrogen) atoms. The van der Waals surface area contributed by atoms with Crippen LogP contribution >= 0.6 is 0 Å². The lowest BCUT2D eigenvalue weighted by atomic mass is 9.83. The van der Waals surface area contributed by atoms with Crippen LogP contribution in [0.4, 0.5) is 0 Å². The quantitative estimate of drug-likeness (QED) is 0.309. The number of nitrogens with two attached hydrogens (primary N) is 1. The first kappa shape index (κ1) is 29.2. The molecule has 192 valence electrons. The maximum atomic E-state index is 4.85. The van der Waals surface area contributed by atoms with Gasteiger partial charge in [0.05, 0.1) is 5.52 Å². The number of aryl methyl sites for hydroxylation is 2. The Kier molecular flexibility index (Phi) is 11.8. The Morgan fingerprint density at radius 1 is 0.972 bits per heavy atom. The number of hydrogen-bond acceptors (Lipinski definition) is 3. The zero-order valence-electron chi connectivity index (χ0n) is 23.4. The summed E-state index contributed by atoms with van der Waals surface area (Å²) in [6, 6.07) is 13.1. The maximum Gasteiger partial charge on any atom is 0.0717 e. The van der Waals surface area contributed by atoms with Crippen LogP contribution in [0, 0.1) is 12.3 Å². The fourth-order valence-electron chi connectivity index (χ4n) is 4.41. The second-order valence-corrected chi connectivity index (χ2v) is 10.1. The molecule has 0 saturated heterocycles. The van der Waals surface area contributed by atoms with Crippen molar-refractivity contribution < 1.29 is 0 Å². The molecule has 0 unspecified atom stereocenters. The summed E-state index contributed by atoms with van der Waals surface area (Å²) in [6.45, 7) is 15.8. The number of benzene rings is 1. The topological polar surface area (TPSA) is 51.8 Å². The lowest BCUT2D eigenvalue weighted by molar-refractivity contribution is 0.303. The number of pyridine rings is 2. The molecule has 0 aliphatic heterocycles. The van der Waals surface area contributed by atoms with Crippen LogP contribution in [0.15, 0.2) is 73.0 Å². The van der Waals surface area contributed by atoms with Crippen molar-refractivity contribution in [2.24, 2.45) is 11.1 Å². The van der Waals surface area contributed by atoms with E-state index in [4.69, 9.17) is 15.7 Å². The second kappa shape index (κ2) is 14.5. The van der Waals surface area contributed by atoms with Gasteiger partial charge in [-0.3, -0.25) is 9.97 Å². The third-order valence-electron chi connectivity index (χ3n) is 6.21. The summed E-state index contributed by atoms with van der Waals surface area (Å²) < 4.78 is 0. The molecule has 1 aromatic carbocycles. The van der Waals surface area contributed by atoms with E-state index in [9.17, 15) is 0 Å². The first-order valence-electron chi connectivity index (χ1n) is 13.3. The Hall–Kier alpha value is -3.04. The Morgan fingerprint density at radius 3 is 2.31 bits per heavy atom. The van der Waals surface area contributed by atoms with Gasteiger partial charge in [0, 0.05) is 28.5 Å². The molecule has 0 amide bonds. The molecule has 0 atom stereocenters. The van der Waals surface area contributed by atoms with Gasteiger partial charge >= 0.3 is 0 Å². The van der Waals surface area contributed by atoms with E-state index >= 15 is 0 Å². The summed E-state index contributed by atoms with van der Waals surface area (Å²) in [5.74, 6) is 0. The average molecular weight is 484 g/mol. The molecule has 3 nitrogen and oxygen atoms in total. The molecule has 0 spiro atoms. The Bertz CT molecular complexity index is 1180. The molecule has 3 heteroatoms. The van der Waals surface area contributed by atoms with Crippen LogP contribution in [0.1, 0.15) is 77.8 Å². The molecule has 3 rings (SSSR count). The third-order valence-corrected chi connectivity index (χ3v) is 6.21. The number of hydrogen-bond donors (Lipinski definition) is 1. The van der Waals surface area contributed by atoms with Crippen molar-refractivity contribution >= 4 is 16.5 Å². The van der Waals surface area contributed by atoms with Crippen molar-refractivity contribution in [2.75, 3.05) is 6.54 Å². The minimum Gasteiger partial charge on any atom is -0.331 e. The van der Waals surface area contributed by atoms with Crippen molar-refractivity contribution in [1.82, 2.24) is 9.97 Å². The van der Waals surface area contributed by atoms with Gasteiger partial charge in [0.25, 0.3) is 0 Å².